The third kappa shape index (κ3) is 6.14. The second kappa shape index (κ2) is 10.7. The third-order valence-corrected chi connectivity index (χ3v) is 4.04. The van der Waals surface area contributed by atoms with E-state index in [4.69, 9.17) is 14.0 Å². The molecule has 0 saturated carbocycles. The molecular formula is C21H22N4O5. The molecule has 2 aromatic heterocycles. The van der Waals surface area contributed by atoms with Gasteiger partial charge in [0.15, 0.2) is 11.5 Å². The molecule has 0 fully saturated rings. The second-order valence-electron chi connectivity index (χ2n) is 6.25. The first-order chi connectivity index (χ1) is 14.7. The van der Waals surface area contributed by atoms with Crippen molar-refractivity contribution in [1.29, 1.82) is 0 Å². The maximum Gasteiger partial charge on any atom is 0.273 e. The van der Waals surface area contributed by atoms with E-state index in [9.17, 15) is 9.59 Å². The summed E-state index contributed by atoms with van der Waals surface area (Å²) in [5, 5.41) is 8.98. The number of rotatable bonds is 10. The average molecular weight is 410 g/mol. The molecule has 0 atom stereocenters. The van der Waals surface area contributed by atoms with Gasteiger partial charge < -0.3 is 24.6 Å². The molecule has 1 aromatic carbocycles. The highest BCUT2D eigenvalue weighted by molar-refractivity contribution is 5.95. The van der Waals surface area contributed by atoms with E-state index in [1.54, 1.807) is 25.4 Å². The van der Waals surface area contributed by atoms with E-state index < -0.39 is 5.91 Å². The number of aromatic nitrogens is 2. The van der Waals surface area contributed by atoms with Gasteiger partial charge in [0.05, 0.1) is 13.2 Å². The summed E-state index contributed by atoms with van der Waals surface area (Å²) in [6.07, 6.45) is 1.61. The molecule has 3 aromatic rings. The number of nitrogens with zero attached hydrogens (tertiary/aromatic N) is 2. The zero-order chi connectivity index (χ0) is 21.2. The van der Waals surface area contributed by atoms with Crippen molar-refractivity contribution in [3.63, 3.8) is 0 Å². The summed E-state index contributed by atoms with van der Waals surface area (Å²) in [5.74, 6) is 0.134. The van der Waals surface area contributed by atoms with Gasteiger partial charge in [-0.1, -0.05) is 41.6 Å². The van der Waals surface area contributed by atoms with Crippen LogP contribution in [0.5, 0.6) is 5.88 Å². The number of carbonyl (C=O) groups excluding carboxylic acids is 2. The molecule has 2 heterocycles. The lowest BCUT2D eigenvalue weighted by atomic mass is 10.1. The van der Waals surface area contributed by atoms with Crippen LogP contribution in [0.3, 0.4) is 0 Å². The molecular weight excluding hydrogens is 388 g/mol. The number of benzene rings is 1. The summed E-state index contributed by atoms with van der Waals surface area (Å²) in [6.45, 7) is 0.991. The summed E-state index contributed by atoms with van der Waals surface area (Å²) >= 11 is 0. The Labute approximate surface area is 173 Å². The van der Waals surface area contributed by atoms with Crippen LogP contribution in [0.2, 0.25) is 0 Å². The highest BCUT2D eigenvalue weighted by atomic mass is 16.5. The van der Waals surface area contributed by atoms with E-state index in [-0.39, 0.29) is 24.7 Å². The van der Waals surface area contributed by atoms with E-state index in [1.165, 1.54) is 6.07 Å². The Hall–Kier alpha value is -3.72. The molecule has 0 radical (unpaired) electrons. The lowest BCUT2D eigenvalue weighted by Crippen LogP contribution is -2.36. The highest BCUT2D eigenvalue weighted by Gasteiger charge is 2.14. The van der Waals surface area contributed by atoms with Gasteiger partial charge in [0.2, 0.25) is 11.8 Å². The summed E-state index contributed by atoms with van der Waals surface area (Å²) in [6, 6.07) is 14.4. The molecule has 0 aliphatic heterocycles. The van der Waals surface area contributed by atoms with Gasteiger partial charge in [0.25, 0.3) is 5.91 Å². The standard InChI is InChI=1S/C21H22N4O5/c1-28-9-10-29-20-8-7-15(13-23-20)12-22-19(26)14-24-21(27)17-11-18(30-25-17)16-5-3-2-4-6-16/h2-8,11,13H,9-10,12,14H2,1H3,(H,22,26)(H,24,27). The molecule has 156 valence electrons. The minimum absolute atomic E-state index is 0.106. The van der Waals surface area contributed by atoms with Crippen molar-refractivity contribution >= 4 is 11.8 Å². The Morgan fingerprint density at radius 1 is 1.07 bits per heavy atom. The number of pyridine rings is 1. The lowest BCUT2D eigenvalue weighted by molar-refractivity contribution is -0.120. The van der Waals surface area contributed by atoms with Gasteiger partial charge in [0, 0.05) is 37.5 Å². The van der Waals surface area contributed by atoms with E-state index >= 15 is 0 Å². The van der Waals surface area contributed by atoms with Crippen molar-refractivity contribution in [3.8, 4) is 17.2 Å². The smallest absolute Gasteiger partial charge is 0.273 e. The molecule has 0 spiro atoms. The van der Waals surface area contributed by atoms with Crippen LogP contribution >= 0.6 is 0 Å². The van der Waals surface area contributed by atoms with Gasteiger partial charge in [0.1, 0.15) is 6.61 Å². The van der Waals surface area contributed by atoms with Crippen LogP contribution in [0.25, 0.3) is 11.3 Å². The quantitative estimate of drug-likeness (QED) is 0.490. The minimum Gasteiger partial charge on any atom is -0.475 e. The molecule has 2 N–H and O–H groups in total. The fraction of sp³-hybridized carbons (Fsp3) is 0.238. The molecule has 3 rings (SSSR count). The van der Waals surface area contributed by atoms with Gasteiger partial charge >= 0.3 is 0 Å². The van der Waals surface area contributed by atoms with E-state index in [2.05, 4.69) is 20.8 Å². The minimum atomic E-state index is -0.490. The molecule has 0 unspecified atom stereocenters. The summed E-state index contributed by atoms with van der Waals surface area (Å²) < 4.78 is 15.5. The molecule has 0 saturated heterocycles. The molecule has 9 heteroatoms. The topological polar surface area (TPSA) is 116 Å². The lowest BCUT2D eigenvalue weighted by Gasteiger charge is -2.07. The third-order valence-electron chi connectivity index (χ3n) is 4.04. The molecule has 0 aliphatic carbocycles. The zero-order valence-corrected chi connectivity index (χ0v) is 16.5. The molecule has 9 nitrogen and oxygen atoms in total. The molecule has 30 heavy (non-hydrogen) atoms. The van der Waals surface area contributed by atoms with Crippen LogP contribution < -0.4 is 15.4 Å². The Bertz CT molecular complexity index is 957. The predicted octanol–water partition coefficient (Wildman–Crippen LogP) is 1.81. The van der Waals surface area contributed by atoms with Crippen molar-refractivity contribution in [2.24, 2.45) is 0 Å². The maximum absolute atomic E-state index is 12.2. The van der Waals surface area contributed by atoms with E-state index in [1.807, 2.05) is 30.3 Å². The molecule has 0 bridgehead atoms. The van der Waals surface area contributed by atoms with Gasteiger partial charge in [-0.05, 0) is 5.56 Å². The Morgan fingerprint density at radius 3 is 2.63 bits per heavy atom. The van der Waals surface area contributed by atoms with E-state index in [0.29, 0.717) is 24.9 Å². The monoisotopic (exact) mass is 410 g/mol. The summed E-state index contributed by atoms with van der Waals surface area (Å²) in [7, 11) is 1.60. The Morgan fingerprint density at radius 2 is 1.90 bits per heavy atom. The summed E-state index contributed by atoms with van der Waals surface area (Å²) in [5.41, 5.74) is 1.72. The number of carbonyl (C=O) groups is 2. The number of methoxy groups -OCH3 is 1. The fourth-order valence-electron chi connectivity index (χ4n) is 2.47. The number of hydrogen-bond acceptors (Lipinski definition) is 7. The van der Waals surface area contributed by atoms with Crippen LogP contribution in [0.4, 0.5) is 0 Å². The first-order valence-corrected chi connectivity index (χ1v) is 9.29. The van der Waals surface area contributed by atoms with Crippen LogP contribution in [0, 0.1) is 0 Å². The number of nitrogens with one attached hydrogen (secondary N) is 2. The first kappa shape index (κ1) is 21.0. The van der Waals surface area contributed by atoms with Gasteiger partial charge in [-0.3, -0.25) is 9.59 Å². The molecule has 0 aliphatic rings. The number of ether oxygens (including phenoxy) is 2. The van der Waals surface area contributed by atoms with Gasteiger partial charge in [-0.25, -0.2) is 4.98 Å². The van der Waals surface area contributed by atoms with Crippen molar-refractivity contribution in [3.05, 3.63) is 66.0 Å². The van der Waals surface area contributed by atoms with Crippen molar-refractivity contribution in [1.82, 2.24) is 20.8 Å². The SMILES string of the molecule is COCCOc1ccc(CNC(=O)CNC(=O)c2cc(-c3ccccc3)on2)cn1. The van der Waals surface area contributed by atoms with Crippen LogP contribution in [-0.2, 0) is 16.1 Å². The zero-order valence-electron chi connectivity index (χ0n) is 16.5. The highest BCUT2D eigenvalue weighted by Crippen LogP contribution is 2.19. The number of hydrogen-bond donors (Lipinski definition) is 2. The second-order valence-corrected chi connectivity index (χ2v) is 6.25. The van der Waals surface area contributed by atoms with Crippen LogP contribution in [-0.4, -0.2) is 48.8 Å². The fourth-order valence-corrected chi connectivity index (χ4v) is 2.47. The molecule has 2 amide bonds. The first-order valence-electron chi connectivity index (χ1n) is 9.29. The summed E-state index contributed by atoms with van der Waals surface area (Å²) in [4.78, 5) is 28.3. The Balaban J connectivity index is 1.41. The van der Waals surface area contributed by atoms with Crippen LogP contribution in [0.15, 0.2) is 59.3 Å². The largest absolute Gasteiger partial charge is 0.475 e. The maximum atomic E-state index is 12.2. The van der Waals surface area contributed by atoms with Crippen molar-refractivity contribution < 1.29 is 23.6 Å². The van der Waals surface area contributed by atoms with Crippen LogP contribution in [0.1, 0.15) is 16.1 Å². The van der Waals surface area contributed by atoms with Crippen molar-refractivity contribution in [2.45, 2.75) is 6.54 Å². The average Bonchev–Trinajstić information content (AvgIpc) is 3.28. The Kier molecular flexibility index (Phi) is 7.51. The van der Waals surface area contributed by atoms with E-state index in [0.717, 1.165) is 11.1 Å². The van der Waals surface area contributed by atoms with Gasteiger partial charge in [-0.2, -0.15) is 0 Å². The predicted molar refractivity (Wildman–Crippen MR) is 108 cm³/mol. The normalized spacial score (nSPS) is 10.4. The van der Waals surface area contributed by atoms with Crippen molar-refractivity contribution in [2.75, 3.05) is 26.9 Å². The van der Waals surface area contributed by atoms with Gasteiger partial charge in [-0.15, -0.1) is 0 Å². The number of amides is 2.